The highest BCUT2D eigenvalue weighted by Crippen LogP contribution is 2.37. The molecule has 1 aliphatic carbocycles. The van der Waals surface area contributed by atoms with E-state index in [4.69, 9.17) is 0 Å². The molecule has 4 rings (SSSR count). The van der Waals surface area contributed by atoms with Crippen LogP contribution in [0.4, 0.5) is 0 Å². The van der Waals surface area contributed by atoms with Gasteiger partial charge in [0.25, 0.3) is 0 Å². The van der Waals surface area contributed by atoms with E-state index in [2.05, 4.69) is 80.4 Å². The van der Waals surface area contributed by atoms with Crippen LogP contribution in [0.2, 0.25) is 0 Å². The van der Waals surface area contributed by atoms with Crippen molar-refractivity contribution in [3.05, 3.63) is 82.4 Å². The first-order valence-corrected chi connectivity index (χ1v) is 8.77. The molecule has 0 bridgehead atoms. The number of hydrogen-bond donors (Lipinski definition) is 0. The fourth-order valence-electron chi connectivity index (χ4n) is 3.76. The molecule has 0 saturated heterocycles. The third-order valence-electron chi connectivity index (χ3n) is 5.11. The Balaban J connectivity index is 1.65. The van der Waals surface area contributed by atoms with Crippen molar-refractivity contribution in [2.24, 2.45) is 10.9 Å². The fraction of sp³-hybridized carbons (Fsp3) is 0.261. The van der Waals surface area contributed by atoms with Crippen molar-refractivity contribution < 1.29 is 0 Å². The molecular formula is C23H23N. The number of fused-ring (bicyclic) bond motifs is 1. The van der Waals surface area contributed by atoms with Gasteiger partial charge in [-0.15, -0.1) is 0 Å². The Bertz CT molecular complexity index is 881. The molecule has 1 aliphatic heterocycles. The zero-order valence-corrected chi connectivity index (χ0v) is 14.6. The lowest BCUT2D eigenvalue weighted by atomic mass is 9.93. The number of aryl methyl sites for hydroxylation is 1. The highest BCUT2D eigenvalue weighted by Gasteiger charge is 2.22. The third-order valence-corrected chi connectivity index (χ3v) is 5.11. The van der Waals surface area contributed by atoms with Gasteiger partial charge in [0.2, 0.25) is 0 Å². The molecule has 1 unspecified atom stereocenters. The highest BCUT2D eigenvalue weighted by atomic mass is 14.8. The minimum atomic E-state index is 0.324. The fourth-order valence-corrected chi connectivity index (χ4v) is 3.76. The predicted molar refractivity (Wildman–Crippen MR) is 103 cm³/mol. The molecule has 120 valence electrons. The summed E-state index contributed by atoms with van der Waals surface area (Å²) in [5.74, 6) is 0.548. The molecule has 24 heavy (non-hydrogen) atoms. The second-order valence-electron chi connectivity index (χ2n) is 7.16. The number of nitrogens with zero attached hydrogens (tertiary/aromatic N) is 1. The van der Waals surface area contributed by atoms with Crippen molar-refractivity contribution in [3.63, 3.8) is 0 Å². The van der Waals surface area contributed by atoms with Crippen LogP contribution in [0.5, 0.6) is 0 Å². The van der Waals surface area contributed by atoms with Gasteiger partial charge in [-0.25, -0.2) is 0 Å². The molecule has 0 N–H and O–H groups in total. The molecule has 0 saturated carbocycles. The number of allylic oxidation sites excluding steroid dienone is 4. The Morgan fingerprint density at radius 1 is 1.08 bits per heavy atom. The Morgan fingerprint density at radius 2 is 1.92 bits per heavy atom. The summed E-state index contributed by atoms with van der Waals surface area (Å²) < 4.78 is 0. The summed E-state index contributed by atoms with van der Waals surface area (Å²) in [5, 5.41) is 0. The van der Waals surface area contributed by atoms with Gasteiger partial charge in [-0.2, -0.15) is 0 Å². The Labute approximate surface area is 144 Å². The third kappa shape index (κ3) is 2.54. The molecule has 1 atom stereocenters. The van der Waals surface area contributed by atoms with Gasteiger partial charge in [0.15, 0.2) is 0 Å². The van der Waals surface area contributed by atoms with Crippen molar-refractivity contribution in [2.75, 3.05) is 0 Å². The molecule has 0 fully saturated rings. The van der Waals surface area contributed by atoms with Crippen LogP contribution in [0, 0.1) is 12.8 Å². The summed E-state index contributed by atoms with van der Waals surface area (Å²) >= 11 is 0. The highest BCUT2D eigenvalue weighted by molar-refractivity contribution is 5.93. The van der Waals surface area contributed by atoms with E-state index < -0.39 is 0 Å². The van der Waals surface area contributed by atoms with Crippen LogP contribution < -0.4 is 0 Å². The monoisotopic (exact) mass is 313 g/mol. The SMILES string of the molecule is Cc1ccccc1C1=CC(c2ccc3c(c2)C=NC3C(C)C)=CC1. The summed E-state index contributed by atoms with van der Waals surface area (Å²) in [7, 11) is 0. The molecule has 1 nitrogen and oxygen atoms in total. The minimum Gasteiger partial charge on any atom is -0.284 e. The smallest absolute Gasteiger partial charge is 0.0778 e. The second-order valence-corrected chi connectivity index (χ2v) is 7.16. The Hall–Kier alpha value is -2.41. The normalized spacial score (nSPS) is 18.8. The maximum atomic E-state index is 4.69. The summed E-state index contributed by atoms with van der Waals surface area (Å²) in [4.78, 5) is 4.69. The zero-order valence-electron chi connectivity index (χ0n) is 14.6. The molecule has 0 aromatic heterocycles. The van der Waals surface area contributed by atoms with E-state index in [0.29, 0.717) is 12.0 Å². The van der Waals surface area contributed by atoms with Gasteiger partial charge < -0.3 is 0 Å². The van der Waals surface area contributed by atoms with E-state index in [1.54, 1.807) is 0 Å². The summed E-state index contributed by atoms with van der Waals surface area (Å²) in [5.41, 5.74) is 9.41. The van der Waals surface area contributed by atoms with Crippen LogP contribution >= 0.6 is 0 Å². The van der Waals surface area contributed by atoms with Crippen LogP contribution in [-0.4, -0.2) is 6.21 Å². The topological polar surface area (TPSA) is 12.4 Å². The molecule has 1 heterocycles. The van der Waals surface area contributed by atoms with Gasteiger partial charge in [0.05, 0.1) is 6.04 Å². The average Bonchev–Trinajstić information content (AvgIpc) is 3.21. The molecule has 0 radical (unpaired) electrons. The second kappa shape index (κ2) is 5.90. The van der Waals surface area contributed by atoms with Gasteiger partial charge >= 0.3 is 0 Å². The molecule has 2 aromatic rings. The van der Waals surface area contributed by atoms with Crippen molar-refractivity contribution in [1.29, 1.82) is 0 Å². The Kier molecular flexibility index (Phi) is 3.72. The van der Waals surface area contributed by atoms with Crippen LogP contribution in [0.15, 0.2) is 59.6 Å². The standard InChI is InChI=1S/C23H23N/c1-15(2)23-22-11-10-18(13-20(22)14-24-23)17-8-9-19(12-17)21-7-5-4-6-16(21)3/h4-8,10-15,23H,9H2,1-3H3. The lowest BCUT2D eigenvalue weighted by Crippen LogP contribution is -2.01. The summed E-state index contributed by atoms with van der Waals surface area (Å²) in [6.45, 7) is 6.66. The lowest BCUT2D eigenvalue weighted by molar-refractivity contribution is 0.525. The number of rotatable bonds is 3. The zero-order chi connectivity index (χ0) is 16.7. The van der Waals surface area contributed by atoms with Gasteiger partial charge in [0, 0.05) is 6.21 Å². The Morgan fingerprint density at radius 3 is 2.71 bits per heavy atom. The number of aliphatic imine (C=N–C) groups is 1. The van der Waals surface area contributed by atoms with Crippen molar-refractivity contribution in [1.82, 2.24) is 0 Å². The van der Waals surface area contributed by atoms with Crippen molar-refractivity contribution in [2.45, 2.75) is 33.2 Å². The van der Waals surface area contributed by atoms with Crippen molar-refractivity contribution in [3.8, 4) is 0 Å². The first-order valence-electron chi connectivity index (χ1n) is 8.77. The number of hydrogen-bond acceptors (Lipinski definition) is 1. The van der Waals surface area contributed by atoms with Gasteiger partial charge in [0.1, 0.15) is 0 Å². The van der Waals surface area contributed by atoms with Crippen molar-refractivity contribution >= 4 is 17.4 Å². The predicted octanol–water partition coefficient (Wildman–Crippen LogP) is 6.00. The largest absolute Gasteiger partial charge is 0.284 e. The molecule has 2 aromatic carbocycles. The summed E-state index contributed by atoms with van der Waals surface area (Å²) in [6.07, 6.45) is 7.75. The molecule has 1 heteroatoms. The first-order chi connectivity index (χ1) is 11.6. The van der Waals surface area contributed by atoms with E-state index >= 15 is 0 Å². The molecule has 2 aliphatic rings. The molecular weight excluding hydrogens is 290 g/mol. The minimum absolute atomic E-state index is 0.324. The van der Waals surface area contributed by atoms with Gasteiger partial charge in [-0.3, -0.25) is 4.99 Å². The molecule has 0 amide bonds. The van der Waals surface area contributed by atoms with Gasteiger partial charge in [-0.05, 0) is 64.3 Å². The van der Waals surface area contributed by atoms with Crippen LogP contribution in [0.3, 0.4) is 0 Å². The lowest BCUT2D eigenvalue weighted by Gasteiger charge is -2.14. The summed E-state index contributed by atoms with van der Waals surface area (Å²) in [6, 6.07) is 15.8. The van der Waals surface area contributed by atoms with Crippen LogP contribution in [0.25, 0.3) is 11.1 Å². The average molecular weight is 313 g/mol. The van der Waals surface area contributed by atoms with E-state index in [1.165, 1.54) is 39.0 Å². The van der Waals surface area contributed by atoms with E-state index in [0.717, 1.165) is 6.42 Å². The maximum Gasteiger partial charge on any atom is 0.0778 e. The number of benzene rings is 2. The van der Waals surface area contributed by atoms with Crippen LogP contribution in [-0.2, 0) is 0 Å². The quantitative estimate of drug-likeness (QED) is 0.659. The van der Waals surface area contributed by atoms with Crippen LogP contribution in [0.1, 0.15) is 54.1 Å². The van der Waals surface area contributed by atoms with E-state index in [9.17, 15) is 0 Å². The maximum absolute atomic E-state index is 4.69. The first kappa shape index (κ1) is 15.1. The molecule has 0 spiro atoms. The van der Waals surface area contributed by atoms with E-state index in [-0.39, 0.29) is 0 Å². The van der Waals surface area contributed by atoms with Gasteiger partial charge in [-0.1, -0.05) is 62.4 Å². The van der Waals surface area contributed by atoms with E-state index in [1.807, 2.05) is 6.21 Å².